The lowest BCUT2D eigenvalue weighted by molar-refractivity contribution is 0.0940. The Hall–Kier alpha value is -2.69. The Morgan fingerprint density at radius 3 is 2.95 bits per heavy atom. The summed E-state index contributed by atoms with van der Waals surface area (Å²) < 4.78 is 13.2. The van der Waals surface area contributed by atoms with Crippen LogP contribution in [0, 0.1) is 5.82 Å². The van der Waals surface area contributed by atoms with Crippen molar-refractivity contribution >= 4 is 16.8 Å². The van der Waals surface area contributed by atoms with Crippen molar-refractivity contribution in [2.24, 2.45) is 0 Å². The molecule has 0 bridgehead atoms. The summed E-state index contributed by atoms with van der Waals surface area (Å²) >= 11 is 0. The lowest BCUT2D eigenvalue weighted by Crippen LogP contribution is -2.26. The molecule has 1 heterocycles. The second-order valence-electron chi connectivity index (χ2n) is 4.92. The smallest absolute Gasteiger partial charge is 0.251 e. The summed E-state index contributed by atoms with van der Waals surface area (Å²) in [5.41, 5.74) is 2.07. The molecule has 2 aromatic carbocycles. The van der Waals surface area contributed by atoms with E-state index in [0.29, 0.717) is 5.56 Å². The highest BCUT2D eigenvalue weighted by Gasteiger charge is 2.12. The predicted molar refractivity (Wildman–Crippen MR) is 78.4 cm³/mol. The van der Waals surface area contributed by atoms with Crippen molar-refractivity contribution in [1.29, 1.82) is 0 Å². The Morgan fingerprint density at radius 2 is 2.14 bits per heavy atom. The minimum atomic E-state index is -0.313. The van der Waals surface area contributed by atoms with E-state index in [1.165, 1.54) is 12.1 Å². The van der Waals surface area contributed by atoms with Crippen LogP contribution in [0.4, 0.5) is 4.39 Å². The van der Waals surface area contributed by atoms with Gasteiger partial charge in [0, 0.05) is 10.9 Å². The van der Waals surface area contributed by atoms with Gasteiger partial charge in [-0.05, 0) is 36.8 Å². The van der Waals surface area contributed by atoms with Crippen molar-refractivity contribution in [1.82, 2.24) is 15.5 Å². The molecule has 4 nitrogen and oxygen atoms in total. The fraction of sp³-hybridized carbons (Fsp3) is 0.125. The zero-order chi connectivity index (χ0) is 14.8. The summed E-state index contributed by atoms with van der Waals surface area (Å²) in [4.78, 5) is 12.2. The fourth-order valence-corrected chi connectivity index (χ4v) is 2.22. The highest BCUT2D eigenvalue weighted by molar-refractivity contribution is 5.97. The number of H-pyrrole nitrogens is 1. The van der Waals surface area contributed by atoms with E-state index in [-0.39, 0.29) is 17.8 Å². The molecule has 106 valence electrons. The van der Waals surface area contributed by atoms with E-state index in [4.69, 9.17) is 0 Å². The molecule has 2 N–H and O–H groups in total. The number of fused-ring (bicyclic) bond motifs is 1. The number of nitrogens with zero attached hydrogens (tertiary/aromatic N) is 1. The van der Waals surface area contributed by atoms with Crippen molar-refractivity contribution in [3.8, 4) is 0 Å². The van der Waals surface area contributed by atoms with Gasteiger partial charge in [0.05, 0.1) is 17.8 Å². The maximum Gasteiger partial charge on any atom is 0.251 e. The Kier molecular flexibility index (Phi) is 3.39. The molecule has 0 aliphatic rings. The first-order chi connectivity index (χ1) is 10.1. The molecule has 3 rings (SSSR count). The number of benzene rings is 2. The van der Waals surface area contributed by atoms with Crippen LogP contribution in [0.5, 0.6) is 0 Å². The normalized spacial score (nSPS) is 12.3. The monoisotopic (exact) mass is 283 g/mol. The maximum atomic E-state index is 13.2. The molecule has 5 heteroatoms. The SMILES string of the molecule is CC(NC(=O)c1ccc2cn[nH]c2c1)c1cccc(F)c1. The van der Waals surface area contributed by atoms with Gasteiger partial charge in [-0.2, -0.15) is 5.10 Å². The van der Waals surface area contributed by atoms with E-state index in [1.807, 2.05) is 13.0 Å². The first-order valence-corrected chi connectivity index (χ1v) is 6.63. The van der Waals surface area contributed by atoms with Crippen LogP contribution in [0.3, 0.4) is 0 Å². The lowest BCUT2D eigenvalue weighted by atomic mass is 10.1. The van der Waals surface area contributed by atoms with Crippen LogP contribution >= 0.6 is 0 Å². The minimum Gasteiger partial charge on any atom is -0.346 e. The Balaban J connectivity index is 1.79. The number of hydrogen-bond donors (Lipinski definition) is 2. The first kappa shape index (κ1) is 13.3. The van der Waals surface area contributed by atoms with Gasteiger partial charge in [-0.25, -0.2) is 4.39 Å². The van der Waals surface area contributed by atoms with E-state index < -0.39 is 0 Å². The molecule has 0 saturated heterocycles. The second kappa shape index (κ2) is 5.36. The number of carbonyl (C=O) groups is 1. The van der Waals surface area contributed by atoms with Crippen LogP contribution in [-0.2, 0) is 0 Å². The average molecular weight is 283 g/mol. The van der Waals surface area contributed by atoms with Crippen molar-refractivity contribution in [3.05, 3.63) is 65.6 Å². The molecule has 0 aliphatic carbocycles. The summed E-state index contributed by atoms with van der Waals surface area (Å²) in [6, 6.07) is 11.3. The van der Waals surface area contributed by atoms with E-state index in [1.54, 1.807) is 30.5 Å². The van der Waals surface area contributed by atoms with Gasteiger partial charge in [0.1, 0.15) is 5.82 Å². The van der Waals surface area contributed by atoms with E-state index in [9.17, 15) is 9.18 Å². The molecule has 0 radical (unpaired) electrons. The van der Waals surface area contributed by atoms with Crippen molar-refractivity contribution in [2.75, 3.05) is 0 Å². The summed E-state index contributed by atoms with van der Waals surface area (Å²) in [7, 11) is 0. The standard InChI is InChI=1S/C16H14FN3O/c1-10(11-3-2-4-14(17)7-11)19-16(21)12-5-6-13-9-18-20-15(13)8-12/h2-10H,1H3,(H,18,20)(H,19,21). The third-order valence-corrected chi connectivity index (χ3v) is 3.40. The van der Waals surface area contributed by atoms with Crippen LogP contribution in [0.15, 0.2) is 48.7 Å². The molecule has 1 amide bonds. The lowest BCUT2D eigenvalue weighted by Gasteiger charge is -2.14. The third-order valence-electron chi connectivity index (χ3n) is 3.40. The molecule has 1 aromatic heterocycles. The van der Waals surface area contributed by atoms with Crippen LogP contribution < -0.4 is 5.32 Å². The highest BCUT2D eigenvalue weighted by Crippen LogP contribution is 2.16. The quantitative estimate of drug-likeness (QED) is 0.775. The van der Waals surface area contributed by atoms with E-state index in [0.717, 1.165) is 16.5 Å². The van der Waals surface area contributed by atoms with Crippen LogP contribution in [0.1, 0.15) is 28.9 Å². The van der Waals surface area contributed by atoms with Gasteiger partial charge >= 0.3 is 0 Å². The molecule has 0 spiro atoms. The zero-order valence-electron chi connectivity index (χ0n) is 11.4. The largest absolute Gasteiger partial charge is 0.346 e. The minimum absolute atomic E-state index is 0.205. The number of halogens is 1. The van der Waals surface area contributed by atoms with Gasteiger partial charge in [0.2, 0.25) is 0 Å². The van der Waals surface area contributed by atoms with Crippen molar-refractivity contribution in [2.45, 2.75) is 13.0 Å². The highest BCUT2D eigenvalue weighted by atomic mass is 19.1. The molecular formula is C16H14FN3O. The number of nitrogens with one attached hydrogen (secondary N) is 2. The number of aromatic nitrogens is 2. The molecular weight excluding hydrogens is 269 g/mol. The maximum absolute atomic E-state index is 13.2. The zero-order valence-corrected chi connectivity index (χ0v) is 11.4. The van der Waals surface area contributed by atoms with Gasteiger partial charge in [-0.3, -0.25) is 9.89 Å². The number of rotatable bonds is 3. The molecule has 21 heavy (non-hydrogen) atoms. The summed E-state index contributed by atoms with van der Waals surface area (Å²) in [5.74, 6) is -0.518. The predicted octanol–water partition coefficient (Wildman–Crippen LogP) is 3.19. The van der Waals surface area contributed by atoms with Gasteiger partial charge < -0.3 is 5.32 Å². The number of aromatic amines is 1. The Bertz CT molecular complexity index is 797. The van der Waals surface area contributed by atoms with Gasteiger partial charge in [0.15, 0.2) is 0 Å². The topological polar surface area (TPSA) is 57.8 Å². The van der Waals surface area contributed by atoms with E-state index >= 15 is 0 Å². The second-order valence-corrected chi connectivity index (χ2v) is 4.92. The molecule has 3 aromatic rings. The first-order valence-electron chi connectivity index (χ1n) is 6.63. The summed E-state index contributed by atoms with van der Waals surface area (Å²) in [6.07, 6.45) is 1.70. The number of carbonyl (C=O) groups excluding carboxylic acids is 1. The molecule has 1 unspecified atom stereocenters. The van der Waals surface area contributed by atoms with Gasteiger partial charge in [0.25, 0.3) is 5.91 Å². The summed E-state index contributed by atoms with van der Waals surface area (Å²) in [5, 5.41) is 10.6. The molecule has 0 saturated carbocycles. The fourth-order valence-electron chi connectivity index (χ4n) is 2.22. The van der Waals surface area contributed by atoms with Crippen LogP contribution in [0.25, 0.3) is 10.9 Å². The van der Waals surface area contributed by atoms with Crippen LogP contribution in [0.2, 0.25) is 0 Å². The van der Waals surface area contributed by atoms with Crippen molar-refractivity contribution < 1.29 is 9.18 Å². The Labute approximate surface area is 121 Å². The van der Waals surface area contributed by atoms with Crippen LogP contribution in [-0.4, -0.2) is 16.1 Å². The summed E-state index contributed by atoms with van der Waals surface area (Å²) in [6.45, 7) is 1.82. The molecule has 0 fully saturated rings. The molecule has 0 aliphatic heterocycles. The van der Waals surface area contributed by atoms with Gasteiger partial charge in [-0.1, -0.05) is 18.2 Å². The molecule has 1 atom stereocenters. The average Bonchev–Trinajstić information content (AvgIpc) is 2.94. The van der Waals surface area contributed by atoms with Crippen molar-refractivity contribution in [3.63, 3.8) is 0 Å². The number of hydrogen-bond acceptors (Lipinski definition) is 2. The Morgan fingerprint density at radius 1 is 1.29 bits per heavy atom. The number of amides is 1. The van der Waals surface area contributed by atoms with E-state index in [2.05, 4.69) is 15.5 Å². The third kappa shape index (κ3) is 2.76. The van der Waals surface area contributed by atoms with Gasteiger partial charge in [-0.15, -0.1) is 0 Å².